The van der Waals surface area contributed by atoms with Gasteiger partial charge in [0.15, 0.2) is 11.5 Å². The van der Waals surface area contributed by atoms with Crippen molar-refractivity contribution in [3.8, 4) is 23.3 Å². The summed E-state index contributed by atoms with van der Waals surface area (Å²) in [4.78, 5) is 12.5. The molecule has 0 fully saturated rings. The molecule has 0 spiro atoms. The second kappa shape index (κ2) is 12.2. The molecule has 1 amide bonds. The highest BCUT2D eigenvalue weighted by Crippen LogP contribution is 2.34. The Bertz CT molecular complexity index is 1170. The molecule has 10 heteroatoms. The maximum atomic E-state index is 12.5. The Morgan fingerprint density at radius 2 is 1.97 bits per heavy atom. The van der Waals surface area contributed by atoms with Gasteiger partial charge < -0.3 is 14.2 Å². The van der Waals surface area contributed by atoms with E-state index in [2.05, 4.69) is 38.1 Å². The van der Waals surface area contributed by atoms with Gasteiger partial charge in [-0.15, -0.1) is 10.2 Å². The predicted octanol–water partition coefficient (Wildman–Crippen LogP) is 4.72. The third kappa shape index (κ3) is 6.90. The molecule has 0 aliphatic heterocycles. The molecule has 170 valence electrons. The van der Waals surface area contributed by atoms with Gasteiger partial charge in [-0.1, -0.05) is 36.5 Å². The molecule has 0 radical (unpaired) electrons. The number of para-hydroxylation sites is 1. The van der Waals surface area contributed by atoms with Gasteiger partial charge in [-0.2, -0.15) is 5.26 Å². The lowest BCUT2D eigenvalue weighted by atomic mass is 10.1. The van der Waals surface area contributed by atoms with E-state index >= 15 is 0 Å². The molecule has 8 nitrogen and oxygen atoms in total. The minimum atomic E-state index is -0.552. The first-order chi connectivity index (χ1) is 16.0. The van der Waals surface area contributed by atoms with E-state index in [0.29, 0.717) is 35.4 Å². The molecule has 0 aliphatic carbocycles. The molecule has 0 atom stereocenters. The molecule has 0 bridgehead atoms. The first-order valence-corrected chi connectivity index (χ1v) is 11.9. The minimum absolute atomic E-state index is 0.0639. The van der Waals surface area contributed by atoms with Gasteiger partial charge in [0, 0.05) is 0 Å². The summed E-state index contributed by atoms with van der Waals surface area (Å²) in [6, 6.07) is 14.9. The number of ether oxygens (including phenoxy) is 3. The van der Waals surface area contributed by atoms with Crippen LogP contribution in [0.1, 0.15) is 17.5 Å². The van der Waals surface area contributed by atoms with Crippen molar-refractivity contribution in [2.45, 2.75) is 13.3 Å². The van der Waals surface area contributed by atoms with Gasteiger partial charge in [0.05, 0.1) is 10.7 Å². The lowest BCUT2D eigenvalue weighted by Gasteiger charge is -2.14. The highest BCUT2D eigenvalue weighted by atomic mass is 127. The highest BCUT2D eigenvalue weighted by Gasteiger charge is 2.15. The van der Waals surface area contributed by atoms with Crippen LogP contribution in [0.4, 0.5) is 5.13 Å². The molecule has 3 aromatic rings. The molecular weight excluding hydrogens is 555 g/mol. The van der Waals surface area contributed by atoms with Crippen LogP contribution in [-0.4, -0.2) is 36.4 Å². The van der Waals surface area contributed by atoms with Crippen molar-refractivity contribution in [3.05, 3.63) is 62.2 Å². The largest absolute Gasteiger partial charge is 0.493 e. The van der Waals surface area contributed by atoms with Crippen LogP contribution < -0.4 is 19.5 Å². The fraction of sp³-hybridized carbons (Fsp3) is 0.217. The fourth-order valence-electron chi connectivity index (χ4n) is 2.71. The average molecular weight is 576 g/mol. The number of methoxy groups -OCH3 is 1. The molecule has 0 saturated heterocycles. The Morgan fingerprint density at radius 3 is 2.64 bits per heavy atom. The number of amides is 1. The lowest BCUT2D eigenvalue weighted by Crippen LogP contribution is -2.13. The number of nitriles is 1. The molecule has 1 heterocycles. The summed E-state index contributed by atoms with van der Waals surface area (Å²) in [6.07, 6.45) is 2.21. The molecule has 0 saturated carbocycles. The molecule has 2 aromatic carbocycles. The first-order valence-electron chi connectivity index (χ1n) is 9.97. The molecule has 0 unspecified atom stereocenters. The number of hydrogen-bond donors (Lipinski definition) is 1. The van der Waals surface area contributed by atoms with E-state index < -0.39 is 5.91 Å². The van der Waals surface area contributed by atoms with Crippen LogP contribution in [0.2, 0.25) is 0 Å². The van der Waals surface area contributed by atoms with Crippen molar-refractivity contribution in [1.29, 1.82) is 5.26 Å². The van der Waals surface area contributed by atoms with Gasteiger partial charge in [0.2, 0.25) is 5.13 Å². The zero-order valence-corrected chi connectivity index (χ0v) is 21.0. The van der Waals surface area contributed by atoms with Gasteiger partial charge in [-0.05, 0) is 64.9 Å². The number of carbonyl (C=O) groups is 1. The van der Waals surface area contributed by atoms with Gasteiger partial charge in [0.1, 0.15) is 35.6 Å². The zero-order valence-electron chi connectivity index (χ0n) is 18.0. The number of nitrogens with one attached hydrogen (secondary N) is 1. The standard InChI is InChI=1S/C23H21IN4O4S/c1-3-20-27-28-23(33-20)26-22(29)16(14-25)11-15-12-18(24)21(19(13-15)30-2)32-10-9-31-17-7-5-4-6-8-17/h4-8,11-13H,3,9-10H2,1-2H3,(H,26,28,29)/b16-11-. The zero-order chi connectivity index (χ0) is 23.6. The van der Waals surface area contributed by atoms with Crippen molar-refractivity contribution < 1.29 is 19.0 Å². The Hall–Kier alpha value is -3.17. The van der Waals surface area contributed by atoms with Crippen LogP contribution in [0, 0.1) is 14.9 Å². The molecule has 0 aliphatic rings. The summed E-state index contributed by atoms with van der Waals surface area (Å²) in [5.74, 6) is 1.27. The summed E-state index contributed by atoms with van der Waals surface area (Å²) < 4.78 is 17.8. The maximum absolute atomic E-state index is 12.5. The van der Waals surface area contributed by atoms with Crippen molar-refractivity contribution in [1.82, 2.24) is 10.2 Å². The molecular formula is C23H21IN4O4S. The smallest absolute Gasteiger partial charge is 0.268 e. The summed E-state index contributed by atoms with van der Waals surface area (Å²) in [6.45, 7) is 2.64. The molecule has 1 aromatic heterocycles. The summed E-state index contributed by atoms with van der Waals surface area (Å²) in [5.41, 5.74) is 0.563. The number of carbonyl (C=O) groups excluding carboxylic acids is 1. The normalized spacial score (nSPS) is 10.9. The average Bonchev–Trinajstić information content (AvgIpc) is 3.29. The topological polar surface area (TPSA) is 106 Å². The predicted molar refractivity (Wildman–Crippen MR) is 135 cm³/mol. The number of aryl methyl sites for hydroxylation is 1. The van der Waals surface area contributed by atoms with E-state index in [1.807, 2.05) is 43.3 Å². The van der Waals surface area contributed by atoms with E-state index in [0.717, 1.165) is 20.7 Å². The van der Waals surface area contributed by atoms with Gasteiger partial charge in [-0.3, -0.25) is 10.1 Å². The van der Waals surface area contributed by atoms with Crippen LogP contribution in [0.15, 0.2) is 48.0 Å². The summed E-state index contributed by atoms with van der Waals surface area (Å²) in [5, 5.41) is 21.1. The summed E-state index contributed by atoms with van der Waals surface area (Å²) >= 11 is 3.40. The third-order valence-electron chi connectivity index (χ3n) is 4.26. The number of nitrogens with zero attached hydrogens (tertiary/aromatic N) is 3. The first kappa shape index (κ1) is 24.5. The van der Waals surface area contributed by atoms with Crippen molar-refractivity contribution in [3.63, 3.8) is 0 Å². The van der Waals surface area contributed by atoms with Gasteiger partial charge in [0.25, 0.3) is 5.91 Å². The van der Waals surface area contributed by atoms with Crippen LogP contribution in [0.5, 0.6) is 17.2 Å². The number of aromatic nitrogens is 2. The van der Waals surface area contributed by atoms with Crippen LogP contribution in [0.25, 0.3) is 6.08 Å². The molecule has 3 rings (SSSR count). The third-order valence-corrected chi connectivity index (χ3v) is 6.04. The lowest BCUT2D eigenvalue weighted by molar-refractivity contribution is -0.112. The van der Waals surface area contributed by atoms with Crippen molar-refractivity contribution in [2.24, 2.45) is 0 Å². The van der Waals surface area contributed by atoms with E-state index in [1.54, 1.807) is 12.1 Å². The fourth-order valence-corrected chi connectivity index (χ4v) is 4.17. The van der Waals surface area contributed by atoms with E-state index in [-0.39, 0.29) is 5.57 Å². The number of rotatable bonds is 10. The second-order valence-corrected chi connectivity index (χ2v) is 8.75. The van der Waals surface area contributed by atoms with Crippen LogP contribution in [-0.2, 0) is 11.2 Å². The minimum Gasteiger partial charge on any atom is -0.493 e. The second-order valence-electron chi connectivity index (χ2n) is 6.52. The molecule has 1 N–H and O–H groups in total. The number of anilines is 1. The number of hydrogen-bond acceptors (Lipinski definition) is 8. The summed E-state index contributed by atoms with van der Waals surface area (Å²) in [7, 11) is 1.53. The monoisotopic (exact) mass is 576 g/mol. The maximum Gasteiger partial charge on any atom is 0.268 e. The number of benzene rings is 2. The Morgan fingerprint density at radius 1 is 1.21 bits per heavy atom. The Kier molecular flexibility index (Phi) is 9.03. The highest BCUT2D eigenvalue weighted by molar-refractivity contribution is 14.1. The van der Waals surface area contributed by atoms with Gasteiger partial charge in [-0.25, -0.2) is 0 Å². The van der Waals surface area contributed by atoms with E-state index in [1.165, 1.54) is 24.5 Å². The van der Waals surface area contributed by atoms with Crippen molar-refractivity contribution in [2.75, 3.05) is 25.6 Å². The van der Waals surface area contributed by atoms with Crippen LogP contribution >= 0.6 is 33.9 Å². The number of halogens is 1. The van der Waals surface area contributed by atoms with Crippen LogP contribution in [0.3, 0.4) is 0 Å². The Labute approximate surface area is 209 Å². The van der Waals surface area contributed by atoms with Crippen molar-refractivity contribution >= 4 is 51.0 Å². The SMILES string of the molecule is CCc1nnc(NC(=O)/C(C#N)=C\c2cc(I)c(OCCOc3ccccc3)c(OC)c2)s1. The quantitative estimate of drug-likeness (QED) is 0.161. The Balaban J connectivity index is 1.69. The molecule has 33 heavy (non-hydrogen) atoms. The van der Waals surface area contributed by atoms with E-state index in [9.17, 15) is 10.1 Å². The van der Waals surface area contributed by atoms with Gasteiger partial charge >= 0.3 is 0 Å². The van der Waals surface area contributed by atoms with E-state index in [4.69, 9.17) is 14.2 Å².